The van der Waals surface area contributed by atoms with Crippen LogP contribution in [0.1, 0.15) is 43.6 Å². The Labute approximate surface area is 184 Å². The molecule has 0 saturated heterocycles. The number of amides is 1. The lowest BCUT2D eigenvalue weighted by Gasteiger charge is -2.35. The highest BCUT2D eigenvalue weighted by Crippen LogP contribution is 2.46. The van der Waals surface area contributed by atoms with E-state index in [4.69, 9.17) is 4.74 Å². The molecule has 0 radical (unpaired) electrons. The topological polar surface area (TPSA) is 95.9 Å². The summed E-state index contributed by atoms with van der Waals surface area (Å²) in [4.78, 5) is 39.9. The maximum atomic E-state index is 14.1. The van der Waals surface area contributed by atoms with Crippen molar-refractivity contribution in [2.24, 2.45) is 0 Å². The average Bonchev–Trinajstić information content (AvgIpc) is 2.98. The third-order valence-corrected chi connectivity index (χ3v) is 5.35. The molecule has 0 spiro atoms. The van der Waals surface area contributed by atoms with Gasteiger partial charge in [-0.25, -0.2) is 13.6 Å². The fourth-order valence-electron chi connectivity index (χ4n) is 3.95. The number of nitrogens with one attached hydrogen (secondary N) is 1. The van der Waals surface area contributed by atoms with Crippen molar-refractivity contribution in [1.82, 2.24) is 0 Å². The zero-order valence-corrected chi connectivity index (χ0v) is 18.1. The van der Waals surface area contributed by atoms with E-state index in [1.807, 2.05) is 0 Å². The van der Waals surface area contributed by atoms with Gasteiger partial charge < -0.3 is 20.1 Å². The number of nitrogens with zero attached hydrogens (tertiary/aromatic N) is 1. The first-order chi connectivity index (χ1) is 15.1. The molecule has 2 aromatic carbocycles. The van der Waals surface area contributed by atoms with Crippen molar-refractivity contribution in [3.63, 3.8) is 0 Å². The van der Waals surface area contributed by atoms with Crippen molar-refractivity contribution in [3.05, 3.63) is 59.2 Å². The predicted octanol–water partition coefficient (Wildman–Crippen LogP) is 3.15. The third kappa shape index (κ3) is 3.62. The zero-order chi connectivity index (χ0) is 23.8. The van der Waals surface area contributed by atoms with E-state index in [9.17, 15) is 28.3 Å². The highest BCUT2D eigenvalue weighted by atomic mass is 19.2. The molecule has 0 aromatic heterocycles. The fraction of sp³-hybridized carbons (Fsp3) is 0.348. The number of ether oxygens (including phenoxy) is 1. The molecule has 2 atom stereocenters. The van der Waals surface area contributed by atoms with Crippen LogP contribution in [0.15, 0.2) is 36.4 Å². The van der Waals surface area contributed by atoms with Gasteiger partial charge >= 0.3 is 5.97 Å². The van der Waals surface area contributed by atoms with Gasteiger partial charge in [0.1, 0.15) is 0 Å². The van der Waals surface area contributed by atoms with E-state index in [2.05, 4.69) is 5.32 Å². The minimum Gasteiger partial charge on any atom is -0.464 e. The highest BCUT2D eigenvalue weighted by Gasteiger charge is 2.59. The standard InChI is InChI=1S/C23H24F2N2O5/c1-5-32-21(30)20(29)23(26-18-11-17(25)16(24)10-14(18)13(4)28)15-8-6-7-9-19(15)27(12(2)3)22(23)31/h6-12,20,26,29H,5H2,1-4H3/t20-,23+/m1/s1. The Morgan fingerprint density at radius 3 is 2.41 bits per heavy atom. The molecule has 0 unspecified atom stereocenters. The normalized spacial score (nSPS) is 18.5. The lowest BCUT2D eigenvalue weighted by Crippen LogP contribution is -2.58. The van der Waals surface area contributed by atoms with E-state index in [-0.39, 0.29) is 29.5 Å². The highest BCUT2D eigenvalue weighted by molar-refractivity contribution is 6.13. The molecule has 7 nitrogen and oxygen atoms in total. The molecule has 2 aromatic rings. The smallest absolute Gasteiger partial charge is 0.338 e. The summed E-state index contributed by atoms with van der Waals surface area (Å²) in [5.74, 6) is -4.90. The summed E-state index contributed by atoms with van der Waals surface area (Å²) in [6.07, 6.45) is -2.05. The maximum Gasteiger partial charge on any atom is 0.338 e. The van der Waals surface area contributed by atoms with Crippen LogP contribution >= 0.6 is 0 Å². The Bertz CT molecular complexity index is 1090. The van der Waals surface area contributed by atoms with Crippen LogP contribution in [0.25, 0.3) is 0 Å². The van der Waals surface area contributed by atoms with E-state index in [0.717, 1.165) is 13.0 Å². The Balaban J connectivity index is 2.30. The van der Waals surface area contributed by atoms with Crippen molar-refractivity contribution in [2.75, 3.05) is 16.8 Å². The number of para-hydroxylation sites is 1. The number of aliphatic hydroxyl groups excluding tert-OH is 1. The van der Waals surface area contributed by atoms with Crippen LogP contribution in [0, 0.1) is 11.6 Å². The first-order valence-electron chi connectivity index (χ1n) is 10.1. The van der Waals surface area contributed by atoms with Gasteiger partial charge in [-0.1, -0.05) is 18.2 Å². The number of carbonyl (C=O) groups excluding carboxylic acids is 3. The number of fused-ring (bicyclic) bond motifs is 1. The number of anilines is 2. The van der Waals surface area contributed by atoms with Gasteiger partial charge in [0.15, 0.2) is 29.1 Å². The Morgan fingerprint density at radius 2 is 1.81 bits per heavy atom. The number of carbonyl (C=O) groups is 3. The number of hydrogen-bond acceptors (Lipinski definition) is 6. The van der Waals surface area contributed by atoms with Gasteiger partial charge in [0.2, 0.25) is 0 Å². The largest absolute Gasteiger partial charge is 0.464 e. The second-order valence-electron chi connectivity index (χ2n) is 7.74. The zero-order valence-electron chi connectivity index (χ0n) is 18.1. The lowest BCUT2D eigenvalue weighted by molar-refractivity contribution is -0.159. The lowest BCUT2D eigenvalue weighted by atomic mass is 9.84. The first-order valence-corrected chi connectivity index (χ1v) is 10.1. The van der Waals surface area contributed by atoms with Crippen LogP contribution in [0.5, 0.6) is 0 Å². The summed E-state index contributed by atoms with van der Waals surface area (Å²) in [6, 6.07) is 7.55. The van der Waals surface area contributed by atoms with Crippen LogP contribution in [-0.2, 0) is 19.9 Å². The van der Waals surface area contributed by atoms with E-state index in [1.165, 1.54) is 4.90 Å². The van der Waals surface area contributed by atoms with Crippen molar-refractivity contribution >= 4 is 29.0 Å². The monoisotopic (exact) mass is 446 g/mol. The quantitative estimate of drug-likeness (QED) is 0.501. The minimum absolute atomic E-state index is 0.0560. The van der Waals surface area contributed by atoms with Crippen LogP contribution in [0.2, 0.25) is 0 Å². The molecular weight excluding hydrogens is 422 g/mol. The molecule has 1 aliphatic heterocycles. The Morgan fingerprint density at radius 1 is 1.19 bits per heavy atom. The second kappa shape index (κ2) is 8.66. The molecule has 1 heterocycles. The molecule has 0 aliphatic carbocycles. The molecular formula is C23H24F2N2O5. The number of aliphatic hydroxyl groups is 1. The summed E-state index contributed by atoms with van der Waals surface area (Å²) in [7, 11) is 0. The van der Waals surface area contributed by atoms with E-state index in [0.29, 0.717) is 11.8 Å². The van der Waals surface area contributed by atoms with Crippen LogP contribution in [-0.4, -0.2) is 41.5 Å². The van der Waals surface area contributed by atoms with Gasteiger partial charge in [-0.05, 0) is 39.8 Å². The summed E-state index contributed by atoms with van der Waals surface area (Å²) < 4.78 is 32.9. The van der Waals surface area contributed by atoms with E-state index < -0.39 is 40.9 Å². The number of Topliss-reactive ketones (excluding diaryl/α,β-unsaturated/α-hetero) is 1. The average molecular weight is 446 g/mol. The van der Waals surface area contributed by atoms with Crippen LogP contribution in [0.4, 0.5) is 20.2 Å². The van der Waals surface area contributed by atoms with Gasteiger partial charge in [0.25, 0.3) is 5.91 Å². The van der Waals surface area contributed by atoms with Crippen LogP contribution in [0.3, 0.4) is 0 Å². The molecule has 32 heavy (non-hydrogen) atoms. The molecule has 0 bridgehead atoms. The number of rotatable bonds is 7. The number of hydrogen-bond donors (Lipinski definition) is 2. The number of halogens is 2. The first kappa shape index (κ1) is 23.3. The molecule has 1 aliphatic rings. The van der Waals surface area contributed by atoms with Crippen molar-refractivity contribution in [1.29, 1.82) is 0 Å². The van der Waals surface area contributed by atoms with Gasteiger partial charge in [0.05, 0.1) is 12.3 Å². The predicted molar refractivity (Wildman–Crippen MR) is 113 cm³/mol. The molecule has 170 valence electrons. The van der Waals surface area contributed by atoms with Gasteiger partial charge in [-0.15, -0.1) is 0 Å². The minimum atomic E-state index is -2.14. The summed E-state index contributed by atoms with van der Waals surface area (Å²) in [5.41, 5.74) is -1.96. The molecule has 2 N–H and O–H groups in total. The summed E-state index contributed by atoms with van der Waals surface area (Å²) in [5, 5.41) is 13.8. The van der Waals surface area contributed by atoms with Crippen LogP contribution < -0.4 is 10.2 Å². The SMILES string of the molecule is CCOC(=O)[C@@H](O)[C@]1(Nc2cc(F)c(F)cc2C(C)=O)C(=O)N(C(C)C)c2ccccc21. The molecule has 9 heteroatoms. The Kier molecular flexibility index (Phi) is 6.32. The molecule has 1 amide bonds. The van der Waals surface area contributed by atoms with Gasteiger partial charge in [0, 0.05) is 28.9 Å². The summed E-state index contributed by atoms with van der Waals surface area (Å²) >= 11 is 0. The van der Waals surface area contributed by atoms with Gasteiger partial charge in [-0.3, -0.25) is 9.59 Å². The number of ketones is 1. The number of esters is 1. The molecule has 0 saturated carbocycles. The van der Waals surface area contributed by atoms with Crippen molar-refractivity contribution in [3.8, 4) is 0 Å². The van der Waals surface area contributed by atoms with E-state index >= 15 is 0 Å². The third-order valence-electron chi connectivity index (χ3n) is 5.35. The fourth-order valence-corrected chi connectivity index (χ4v) is 3.95. The molecule has 0 fully saturated rings. The maximum absolute atomic E-state index is 14.1. The number of benzene rings is 2. The molecule has 3 rings (SSSR count). The Hall–Kier alpha value is -3.33. The van der Waals surface area contributed by atoms with Gasteiger partial charge in [-0.2, -0.15) is 0 Å². The van der Waals surface area contributed by atoms with Crippen molar-refractivity contribution < 1.29 is 33.0 Å². The second-order valence-corrected chi connectivity index (χ2v) is 7.74. The van der Waals surface area contributed by atoms with E-state index in [1.54, 1.807) is 45.0 Å². The van der Waals surface area contributed by atoms with Crippen molar-refractivity contribution in [2.45, 2.75) is 45.4 Å². The summed E-state index contributed by atoms with van der Waals surface area (Å²) in [6.45, 7) is 6.13.